The average Bonchev–Trinajstić information content (AvgIpc) is 3.51. The number of carbonyl (C=O) groups is 1. The minimum absolute atomic E-state index is 0.0477. The van der Waals surface area contributed by atoms with Gasteiger partial charge in [0.1, 0.15) is 11.0 Å². The number of fused-ring (bicyclic) bond motifs is 2. The van der Waals surface area contributed by atoms with Crippen molar-refractivity contribution in [2.24, 2.45) is 10.9 Å². The number of imidazole rings is 1. The Morgan fingerprint density at radius 3 is 2.84 bits per heavy atom. The van der Waals surface area contributed by atoms with Gasteiger partial charge in [0.25, 0.3) is 0 Å². The summed E-state index contributed by atoms with van der Waals surface area (Å²) >= 11 is 0. The summed E-state index contributed by atoms with van der Waals surface area (Å²) in [6.07, 6.45) is 9.95. The van der Waals surface area contributed by atoms with E-state index in [0.29, 0.717) is 39.8 Å². The number of nitrogens with one attached hydrogen (secondary N) is 3. The van der Waals surface area contributed by atoms with Crippen molar-refractivity contribution in [2.75, 3.05) is 17.3 Å². The third kappa shape index (κ3) is 4.27. The quantitative estimate of drug-likeness (QED) is 0.272. The lowest BCUT2D eigenvalue weighted by Crippen LogP contribution is -2.28. The number of allylic oxidation sites excluding steroid dienone is 1. The van der Waals surface area contributed by atoms with Gasteiger partial charge in [-0.1, -0.05) is 6.42 Å². The van der Waals surface area contributed by atoms with Gasteiger partial charge >= 0.3 is 0 Å². The molecule has 0 aromatic carbocycles. The fraction of sp³-hybridized carbons (Fsp3) is 0.222. The minimum Gasteiger partial charge on any atom is -0.336 e. The van der Waals surface area contributed by atoms with Crippen LogP contribution in [-0.2, 0) is 4.79 Å². The number of aromatic nitrogens is 7. The topological polar surface area (TPSA) is 141 Å². The Kier molecular flexibility index (Phi) is 5.87. The number of nitrogens with zero attached hydrogens (tertiary/aromatic N) is 7. The molecule has 190 valence electrons. The van der Waals surface area contributed by atoms with E-state index in [1.807, 2.05) is 49.3 Å². The first-order chi connectivity index (χ1) is 18.5. The maximum atomic E-state index is 12.4. The molecule has 1 amide bonds. The van der Waals surface area contributed by atoms with Gasteiger partial charge in [-0.25, -0.2) is 15.0 Å². The Morgan fingerprint density at radius 1 is 1.18 bits per heavy atom. The molecule has 11 heteroatoms. The van der Waals surface area contributed by atoms with Crippen molar-refractivity contribution >= 4 is 46.2 Å². The molecule has 0 atom stereocenters. The van der Waals surface area contributed by atoms with Crippen LogP contribution in [-0.4, -0.2) is 54.8 Å². The number of rotatable bonds is 7. The Hall–Kier alpha value is -4.93. The van der Waals surface area contributed by atoms with Gasteiger partial charge in [0.15, 0.2) is 17.3 Å². The molecular weight excluding hydrogens is 480 g/mol. The molecule has 5 aromatic rings. The van der Waals surface area contributed by atoms with Crippen LogP contribution >= 0.6 is 0 Å². The monoisotopic (exact) mass is 506 g/mol. The first-order valence-corrected chi connectivity index (χ1v) is 12.3. The first kappa shape index (κ1) is 23.5. The van der Waals surface area contributed by atoms with Gasteiger partial charge in [0, 0.05) is 37.1 Å². The zero-order chi connectivity index (χ0) is 26.2. The summed E-state index contributed by atoms with van der Waals surface area (Å²) in [7, 11) is 1.89. The first-order valence-electron chi connectivity index (χ1n) is 12.3. The number of hydrogen-bond acceptors (Lipinski definition) is 8. The molecule has 11 nitrogen and oxygen atoms in total. The van der Waals surface area contributed by atoms with E-state index in [4.69, 9.17) is 9.97 Å². The second kappa shape index (κ2) is 9.51. The number of carbonyl (C=O) groups excluding carboxylic acids is 1. The largest absolute Gasteiger partial charge is 0.336 e. The minimum atomic E-state index is 0.0477. The van der Waals surface area contributed by atoms with Crippen LogP contribution < -0.4 is 10.2 Å². The van der Waals surface area contributed by atoms with Gasteiger partial charge < -0.3 is 15.2 Å². The zero-order valence-corrected chi connectivity index (χ0v) is 21.1. The number of anilines is 2. The van der Waals surface area contributed by atoms with Crippen molar-refractivity contribution in [1.82, 2.24) is 35.1 Å². The second-order valence-electron chi connectivity index (χ2n) is 9.40. The second-order valence-corrected chi connectivity index (χ2v) is 9.40. The number of hydrogen-bond donors (Lipinski definition) is 3. The SMILES string of the molecule is C=N/C(C)=C\N(C)c1nccc2[nH]c(-c3n[nH]c4ccc(-c5cncc(NC(=O)C6CCC6)c5)nc34)nc12. The molecular formula is C27H26N10O. The molecule has 5 heterocycles. The number of pyridine rings is 3. The van der Waals surface area contributed by atoms with Crippen molar-refractivity contribution in [3.05, 3.63) is 54.8 Å². The van der Waals surface area contributed by atoms with Crippen LogP contribution in [0.3, 0.4) is 0 Å². The van der Waals surface area contributed by atoms with Gasteiger partial charge in [-0.2, -0.15) is 5.10 Å². The lowest BCUT2D eigenvalue weighted by atomic mass is 9.85. The Bertz CT molecular complexity index is 1710. The Labute approximate surface area is 218 Å². The summed E-state index contributed by atoms with van der Waals surface area (Å²) in [6, 6.07) is 7.58. The van der Waals surface area contributed by atoms with Crippen LogP contribution in [0.1, 0.15) is 26.2 Å². The van der Waals surface area contributed by atoms with Gasteiger partial charge in [-0.3, -0.25) is 19.9 Å². The lowest BCUT2D eigenvalue weighted by molar-refractivity contribution is -0.122. The molecule has 3 N–H and O–H groups in total. The molecule has 38 heavy (non-hydrogen) atoms. The summed E-state index contributed by atoms with van der Waals surface area (Å²) in [5.41, 5.74) is 6.48. The Balaban J connectivity index is 1.36. The average molecular weight is 507 g/mol. The normalized spacial score (nSPS) is 14.0. The van der Waals surface area contributed by atoms with Crippen molar-refractivity contribution in [2.45, 2.75) is 26.2 Å². The van der Waals surface area contributed by atoms with E-state index in [1.165, 1.54) is 0 Å². The number of aromatic amines is 2. The van der Waals surface area contributed by atoms with Gasteiger partial charge in [-0.15, -0.1) is 0 Å². The lowest BCUT2D eigenvalue weighted by Gasteiger charge is -2.24. The standard InChI is InChI=1S/C27H26N10O/c1-15(28-2)14-37(3)26-23-20(9-10-30-26)33-25(34-23)24-22-21(35-36-24)8-7-19(32-22)17-11-18(13-29-12-17)31-27(38)16-5-4-6-16/h7-14,16H,2,4-6H2,1,3H3,(H,31,38)(H,33,34)(H,35,36)/b15-14-. The molecule has 0 bridgehead atoms. The molecule has 1 aliphatic carbocycles. The van der Waals surface area contributed by atoms with E-state index in [2.05, 4.69) is 42.2 Å². The van der Waals surface area contributed by atoms with E-state index in [9.17, 15) is 4.79 Å². The van der Waals surface area contributed by atoms with E-state index in [-0.39, 0.29) is 11.8 Å². The van der Waals surface area contributed by atoms with E-state index in [1.54, 1.807) is 18.6 Å². The third-order valence-electron chi connectivity index (χ3n) is 6.76. The molecule has 5 aromatic heterocycles. The Morgan fingerprint density at radius 2 is 2.05 bits per heavy atom. The van der Waals surface area contributed by atoms with E-state index < -0.39 is 0 Å². The fourth-order valence-electron chi connectivity index (χ4n) is 4.46. The summed E-state index contributed by atoms with van der Waals surface area (Å²) in [4.78, 5) is 40.1. The highest BCUT2D eigenvalue weighted by molar-refractivity contribution is 5.95. The van der Waals surface area contributed by atoms with Crippen LogP contribution in [0.2, 0.25) is 0 Å². The molecule has 0 unspecified atom stereocenters. The zero-order valence-electron chi connectivity index (χ0n) is 21.1. The van der Waals surface area contributed by atoms with Gasteiger partial charge in [-0.05, 0) is 50.7 Å². The summed E-state index contributed by atoms with van der Waals surface area (Å²) < 4.78 is 0. The highest BCUT2D eigenvalue weighted by atomic mass is 16.1. The van der Waals surface area contributed by atoms with Crippen LogP contribution in [0, 0.1) is 5.92 Å². The van der Waals surface area contributed by atoms with Crippen LogP contribution in [0.5, 0.6) is 0 Å². The van der Waals surface area contributed by atoms with Crippen LogP contribution in [0.15, 0.2) is 59.7 Å². The summed E-state index contributed by atoms with van der Waals surface area (Å²) in [5.74, 6) is 1.39. The third-order valence-corrected chi connectivity index (χ3v) is 6.76. The molecule has 1 aliphatic rings. The highest BCUT2D eigenvalue weighted by Crippen LogP contribution is 2.31. The maximum Gasteiger partial charge on any atom is 0.227 e. The van der Waals surface area contributed by atoms with Crippen molar-refractivity contribution in [3.8, 4) is 22.8 Å². The molecule has 0 spiro atoms. The molecule has 0 radical (unpaired) electrons. The highest BCUT2D eigenvalue weighted by Gasteiger charge is 2.25. The predicted molar refractivity (Wildman–Crippen MR) is 148 cm³/mol. The number of H-pyrrole nitrogens is 2. The predicted octanol–water partition coefficient (Wildman–Crippen LogP) is 4.69. The smallest absolute Gasteiger partial charge is 0.227 e. The summed E-state index contributed by atoms with van der Waals surface area (Å²) in [5, 5.41) is 10.5. The molecule has 0 aliphatic heterocycles. The van der Waals surface area contributed by atoms with Crippen LogP contribution in [0.25, 0.3) is 44.8 Å². The van der Waals surface area contributed by atoms with Gasteiger partial charge in [0.05, 0.1) is 34.3 Å². The fourth-order valence-corrected chi connectivity index (χ4v) is 4.46. The number of aliphatic imine (C=N–C) groups is 1. The van der Waals surface area contributed by atoms with Gasteiger partial charge in [0.2, 0.25) is 5.91 Å². The molecule has 1 saturated carbocycles. The van der Waals surface area contributed by atoms with Crippen LogP contribution in [0.4, 0.5) is 11.5 Å². The van der Waals surface area contributed by atoms with E-state index in [0.717, 1.165) is 41.6 Å². The molecule has 1 fully saturated rings. The number of amides is 1. The van der Waals surface area contributed by atoms with Crippen molar-refractivity contribution in [1.29, 1.82) is 0 Å². The maximum absolute atomic E-state index is 12.4. The van der Waals surface area contributed by atoms with E-state index >= 15 is 0 Å². The van der Waals surface area contributed by atoms with Crippen molar-refractivity contribution in [3.63, 3.8) is 0 Å². The molecule has 6 rings (SSSR count). The van der Waals surface area contributed by atoms with Crippen molar-refractivity contribution < 1.29 is 4.79 Å². The molecule has 0 saturated heterocycles. The summed E-state index contributed by atoms with van der Waals surface area (Å²) in [6.45, 7) is 5.43.